The first-order chi connectivity index (χ1) is 13.3. The predicted octanol–water partition coefficient (Wildman–Crippen LogP) is 3.27. The predicted molar refractivity (Wildman–Crippen MR) is 99.6 cm³/mol. The molecule has 6 nitrogen and oxygen atoms in total. The van der Waals surface area contributed by atoms with Crippen LogP contribution in [0.5, 0.6) is 0 Å². The lowest BCUT2D eigenvalue weighted by molar-refractivity contribution is 0.0462. The molecule has 3 aromatic carbocycles. The van der Waals surface area contributed by atoms with Gasteiger partial charge in [-0.3, -0.25) is 0 Å². The number of aromatic nitrogens is 4. The average Bonchev–Trinajstić information content (AvgIpc) is 3.35. The highest BCUT2D eigenvalue weighted by atomic mass is 16.5. The van der Waals surface area contributed by atoms with E-state index in [-0.39, 0.29) is 12.6 Å². The van der Waals surface area contributed by atoms with Gasteiger partial charge in [-0.2, -0.15) is 4.68 Å². The third-order valence-corrected chi connectivity index (χ3v) is 4.96. The third-order valence-electron chi connectivity index (χ3n) is 4.96. The third kappa shape index (κ3) is 2.66. The van der Waals surface area contributed by atoms with Gasteiger partial charge in [0.1, 0.15) is 0 Å². The van der Waals surface area contributed by atoms with Crippen LogP contribution in [0.25, 0.3) is 16.5 Å². The Balaban J connectivity index is 1.42. The molecule has 0 aliphatic heterocycles. The second-order valence-electron chi connectivity index (χ2n) is 6.53. The number of esters is 1. The fourth-order valence-electron chi connectivity index (χ4n) is 3.70. The van der Waals surface area contributed by atoms with Crippen molar-refractivity contribution in [3.63, 3.8) is 0 Å². The van der Waals surface area contributed by atoms with Gasteiger partial charge in [0.15, 0.2) is 12.4 Å². The fraction of sp³-hybridized carbons (Fsp3) is 0.143. The molecule has 0 amide bonds. The molecule has 1 aromatic heterocycles. The molecule has 1 heterocycles. The molecule has 0 spiro atoms. The van der Waals surface area contributed by atoms with Crippen LogP contribution in [0, 0.1) is 0 Å². The van der Waals surface area contributed by atoms with Gasteiger partial charge < -0.3 is 4.74 Å². The largest absolute Gasteiger partial charge is 0.454 e. The minimum atomic E-state index is -0.367. The van der Waals surface area contributed by atoms with Crippen LogP contribution in [0.15, 0.2) is 60.7 Å². The van der Waals surface area contributed by atoms with Gasteiger partial charge in [-0.15, -0.1) is 5.10 Å². The molecular weight excluding hydrogens is 340 g/mol. The molecule has 0 unspecified atom stereocenters. The van der Waals surface area contributed by atoms with E-state index >= 15 is 0 Å². The first kappa shape index (κ1) is 15.7. The van der Waals surface area contributed by atoms with Gasteiger partial charge in [-0.05, 0) is 63.4 Å². The minimum Gasteiger partial charge on any atom is -0.454 e. The number of ether oxygens (including phenoxy) is 1. The SMILES string of the molecule is O=C(OCc1nnnn1-c1ccccc1)c1ccc2c3c(cccc13)CC2. The summed E-state index contributed by atoms with van der Waals surface area (Å²) in [4.78, 5) is 12.7. The molecule has 6 heteroatoms. The van der Waals surface area contributed by atoms with Crippen LogP contribution in [0.1, 0.15) is 27.3 Å². The Hall–Kier alpha value is -3.54. The molecule has 0 atom stereocenters. The molecular formula is C21H16N4O2. The van der Waals surface area contributed by atoms with Crippen LogP contribution in [0.4, 0.5) is 0 Å². The molecule has 1 aliphatic carbocycles. The Labute approximate surface area is 155 Å². The molecule has 132 valence electrons. The van der Waals surface area contributed by atoms with E-state index < -0.39 is 0 Å². The summed E-state index contributed by atoms with van der Waals surface area (Å²) >= 11 is 0. The lowest BCUT2D eigenvalue weighted by atomic mass is 10.00. The molecule has 0 fully saturated rings. The normalized spacial score (nSPS) is 12.4. The van der Waals surface area contributed by atoms with Crippen molar-refractivity contribution in [1.82, 2.24) is 20.2 Å². The number of benzene rings is 3. The molecule has 0 bridgehead atoms. The quantitative estimate of drug-likeness (QED) is 0.525. The van der Waals surface area contributed by atoms with Gasteiger partial charge in [-0.25, -0.2) is 4.79 Å². The zero-order chi connectivity index (χ0) is 18.2. The van der Waals surface area contributed by atoms with Gasteiger partial charge in [0.05, 0.1) is 11.3 Å². The summed E-state index contributed by atoms with van der Waals surface area (Å²) in [6, 6.07) is 19.5. The van der Waals surface area contributed by atoms with Crippen molar-refractivity contribution in [2.75, 3.05) is 0 Å². The summed E-state index contributed by atoms with van der Waals surface area (Å²) in [5, 5.41) is 13.8. The lowest BCUT2D eigenvalue weighted by Gasteiger charge is -2.09. The van der Waals surface area contributed by atoms with Gasteiger partial charge in [0, 0.05) is 0 Å². The molecule has 4 aromatic rings. The van der Waals surface area contributed by atoms with E-state index in [0.29, 0.717) is 11.4 Å². The number of rotatable bonds is 4. The van der Waals surface area contributed by atoms with Crippen molar-refractivity contribution >= 4 is 16.7 Å². The molecule has 0 saturated carbocycles. The van der Waals surface area contributed by atoms with Crippen molar-refractivity contribution < 1.29 is 9.53 Å². The summed E-state index contributed by atoms with van der Waals surface area (Å²) in [6.45, 7) is 0.00363. The number of nitrogens with zero attached hydrogens (tertiary/aromatic N) is 4. The van der Waals surface area contributed by atoms with Gasteiger partial charge in [0.25, 0.3) is 0 Å². The number of tetrazole rings is 1. The Bertz CT molecular complexity index is 1140. The van der Waals surface area contributed by atoms with Crippen LogP contribution in [-0.2, 0) is 24.2 Å². The van der Waals surface area contributed by atoms with Crippen molar-refractivity contribution in [1.29, 1.82) is 0 Å². The Morgan fingerprint density at radius 3 is 2.63 bits per heavy atom. The fourth-order valence-corrected chi connectivity index (χ4v) is 3.70. The van der Waals surface area contributed by atoms with Crippen LogP contribution in [0.3, 0.4) is 0 Å². The summed E-state index contributed by atoms with van der Waals surface area (Å²) in [5.74, 6) is 0.105. The number of para-hydroxylation sites is 1. The van der Waals surface area contributed by atoms with Crippen LogP contribution < -0.4 is 0 Å². The molecule has 5 rings (SSSR count). The average molecular weight is 356 g/mol. The minimum absolute atomic E-state index is 0.00363. The summed E-state index contributed by atoms with van der Waals surface area (Å²) in [5.41, 5.74) is 3.99. The van der Waals surface area contributed by atoms with Gasteiger partial charge in [0.2, 0.25) is 0 Å². The van der Waals surface area contributed by atoms with Crippen molar-refractivity contribution in [3.05, 3.63) is 83.2 Å². The zero-order valence-electron chi connectivity index (χ0n) is 14.5. The van der Waals surface area contributed by atoms with E-state index in [0.717, 1.165) is 23.9 Å². The summed E-state index contributed by atoms with van der Waals surface area (Å²) in [7, 11) is 0. The maximum Gasteiger partial charge on any atom is 0.339 e. The van der Waals surface area contributed by atoms with Crippen molar-refractivity contribution in [2.45, 2.75) is 19.4 Å². The van der Waals surface area contributed by atoms with Crippen molar-refractivity contribution in [2.24, 2.45) is 0 Å². The lowest BCUT2D eigenvalue weighted by Crippen LogP contribution is -2.10. The van der Waals surface area contributed by atoms with Gasteiger partial charge >= 0.3 is 5.97 Å². The highest BCUT2D eigenvalue weighted by molar-refractivity contribution is 6.07. The smallest absolute Gasteiger partial charge is 0.339 e. The summed E-state index contributed by atoms with van der Waals surface area (Å²) < 4.78 is 7.11. The number of hydrogen-bond acceptors (Lipinski definition) is 5. The standard InChI is InChI=1S/C21H16N4O2/c26-21(18-12-11-15-10-9-14-5-4-8-17(18)20(14)15)27-13-19-22-23-24-25(19)16-6-2-1-3-7-16/h1-8,11-12H,9-10,13H2. The van der Waals surface area contributed by atoms with Crippen LogP contribution in [-0.4, -0.2) is 26.2 Å². The molecule has 1 aliphatic rings. The highest BCUT2D eigenvalue weighted by Gasteiger charge is 2.20. The Morgan fingerprint density at radius 2 is 1.78 bits per heavy atom. The number of hydrogen-bond donors (Lipinski definition) is 0. The first-order valence-electron chi connectivity index (χ1n) is 8.84. The van der Waals surface area contributed by atoms with E-state index in [1.807, 2.05) is 54.6 Å². The maximum absolute atomic E-state index is 12.7. The Kier molecular flexibility index (Phi) is 3.67. The first-order valence-corrected chi connectivity index (χ1v) is 8.84. The maximum atomic E-state index is 12.7. The van der Waals surface area contributed by atoms with Crippen LogP contribution in [0.2, 0.25) is 0 Å². The van der Waals surface area contributed by atoms with E-state index in [2.05, 4.69) is 21.6 Å². The molecule has 0 saturated heterocycles. The molecule has 27 heavy (non-hydrogen) atoms. The van der Waals surface area contributed by atoms with E-state index in [4.69, 9.17) is 4.74 Å². The highest BCUT2D eigenvalue weighted by Crippen LogP contribution is 2.33. The monoisotopic (exact) mass is 356 g/mol. The molecule has 0 N–H and O–H groups in total. The van der Waals surface area contributed by atoms with E-state index in [1.54, 1.807) is 4.68 Å². The number of aryl methyl sites for hydroxylation is 2. The summed E-state index contributed by atoms with van der Waals surface area (Å²) in [6.07, 6.45) is 2.05. The zero-order valence-corrected chi connectivity index (χ0v) is 14.5. The topological polar surface area (TPSA) is 69.9 Å². The van der Waals surface area contributed by atoms with E-state index in [9.17, 15) is 4.79 Å². The van der Waals surface area contributed by atoms with Crippen molar-refractivity contribution in [3.8, 4) is 5.69 Å². The second kappa shape index (κ2) is 6.32. The molecule has 0 radical (unpaired) electrons. The number of carbonyl (C=O) groups excluding carboxylic acids is 1. The van der Waals surface area contributed by atoms with Crippen LogP contribution >= 0.6 is 0 Å². The second-order valence-corrected chi connectivity index (χ2v) is 6.53. The number of carbonyl (C=O) groups is 1. The Morgan fingerprint density at radius 1 is 0.963 bits per heavy atom. The van der Waals surface area contributed by atoms with E-state index in [1.165, 1.54) is 16.5 Å². The van der Waals surface area contributed by atoms with Gasteiger partial charge in [-0.1, -0.05) is 42.5 Å².